The lowest BCUT2D eigenvalue weighted by Gasteiger charge is -2.20. The van der Waals surface area contributed by atoms with Gasteiger partial charge in [-0.3, -0.25) is 14.3 Å². The summed E-state index contributed by atoms with van der Waals surface area (Å²) in [5, 5.41) is 5.57. The highest BCUT2D eigenvalue weighted by Crippen LogP contribution is 2.26. The molecule has 10 heteroatoms. The van der Waals surface area contributed by atoms with E-state index in [1.165, 1.54) is 42.5 Å². The summed E-state index contributed by atoms with van der Waals surface area (Å²) < 4.78 is 27.4. The number of halogens is 2. The first kappa shape index (κ1) is 23.0. The summed E-state index contributed by atoms with van der Waals surface area (Å²) in [4.78, 5) is 24.0. The minimum Gasteiger partial charge on any atom is -0.350 e. The Morgan fingerprint density at radius 3 is 2.31 bits per heavy atom. The fourth-order valence-corrected chi connectivity index (χ4v) is 3.75. The fourth-order valence-electron chi connectivity index (χ4n) is 2.31. The van der Waals surface area contributed by atoms with Gasteiger partial charge in [0.15, 0.2) is 0 Å². The number of benzene rings is 2. The molecule has 0 aliphatic carbocycles. The molecule has 0 fully saturated rings. The molecule has 0 spiro atoms. The van der Waals surface area contributed by atoms with Gasteiger partial charge in [0.2, 0.25) is 5.91 Å². The lowest BCUT2D eigenvalue weighted by atomic mass is 10.1. The average Bonchev–Trinajstić information content (AvgIpc) is 2.60. The van der Waals surface area contributed by atoms with Crippen LogP contribution in [0.15, 0.2) is 47.4 Å². The van der Waals surface area contributed by atoms with Gasteiger partial charge in [-0.05, 0) is 57.2 Å². The number of nitrogens with one attached hydrogen (secondary N) is 3. The van der Waals surface area contributed by atoms with Crippen molar-refractivity contribution in [2.24, 2.45) is 0 Å². The Morgan fingerprint density at radius 2 is 1.69 bits per heavy atom. The highest BCUT2D eigenvalue weighted by atomic mass is 35.5. The SMILES string of the molecule is CC(C)(C)NC(=O)CNC(=O)c1cccc(NS(=O)(=O)c2ccc(Cl)c(Cl)c2)c1. The van der Waals surface area contributed by atoms with Crippen LogP contribution in [0, 0.1) is 0 Å². The van der Waals surface area contributed by atoms with E-state index in [1.54, 1.807) is 0 Å². The van der Waals surface area contributed by atoms with E-state index < -0.39 is 21.5 Å². The normalized spacial score (nSPS) is 11.6. The minimum atomic E-state index is -3.93. The highest BCUT2D eigenvalue weighted by Gasteiger charge is 2.18. The summed E-state index contributed by atoms with van der Waals surface area (Å²) in [6.45, 7) is 5.29. The molecule has 2 aromatic rings. The molecule has 0 saturated heterocycles. The number of hydrogen-bond acceptors (Lipinski definition) is 4. The Kier molecular flexibility index (Phi) is 7.15. The van der Waals surface area contributed by atoms with E-state index in [9.17, 15) is 18.0 Å². The van der Waals surface area contributed by atoms with Crippen LogP contribution in [0.2, 0.25) is 10.0 Å². The number of amides is 2. The van der Waals surface area contributed by atoms with E-state index in [0.717, 1.165) is 0 Å². The molecule has 0 aliphatic heterocycles. The standard InChI is InChI=1S/C19H21Cl2N3O4S/c1-19(2,3)23-17(25)11-22-18(26)12-5-4-6-13(9-12)24-29(27,28)14-7-8-15(20)16(21)10-14/h4-10,24H,11H2,1-3H3,(H,22,26)(H,23,25). The molecule has 0 bridgehead atoms. The van der Waals surface area contributed by atoms with Gasteiger partial charge in [-0.2, -0.15) is 0 Å². The van der Waals surface area contributed by atoms with Gasteiger partial charge in [-0.25, -0.2) is 8.42 Å². The predicted octanol–water partition coefficient (Wildman–Crippen LogP) is 3.44. The molecule has 2 rings (SSSR count). The van der Waals surface area contributed by atoms with Gasteiger partial charge < -0.3 is 10.6 Å². The molecule has 0 unspecified atom stereocenters. The first-order valence-corrected chi connectivity index (χ1v) is 10.8. The van der Waals surface area contributed by atoms with Gasteiger partial charge in [0.25, 0.3) is 15.9 Å². The summed E-state index contributed by atoms with van der Waals surface area (Å²) in [5.41, 5.74) is -0.0318. The molecule has 29 heavy (non-hydrogen) atoms. The Labute approximate surface area is 179 Å². The van der Waals surface area contributed by atoms with Crippen LogP contribution in [0.1, 0.15) is 31.1 Å². The van der Waals surface area contributed by atoms with Crippen molar-refractivity contribution in [1.29, 1.82) is 0 Å². The molecule has 0 aliphatic rings. The molecule has 0 radical (unpaired) electrons. The van der Waals surface area contributed by atoms with Gasteiger partial charge in [0.05, 0.1) is 21.5 Å². The van der Waals surface area contributed by atoms with Crippen molar-refractivity contribution in [3.63, 3.8) is 0 Å². The van der Waals surface area contributed by atoms with Crippen molar-refractivity contribution >= 4 is 50.7 Å². The van der Waals surface area contributed by atoms with E-state index in [-0.39, 0.29) is 38.6 Å². The number of anilines is 1. The van der Waals surface area contributed by atoms with Crippen LogP contribution in [0.4, 0.5) is 5.69 Å². The minimum absolute atomic E-state index is 0.0689. The third-order valence-corrected chi connectivity index (χ3v) is 5.62. The summed E-state index contributed by atoms with van der Waals surface area (Å²) in [5.74, 6) is -0.841. The lowest BCUT2D eigenvalue weighted by Crippen LogP contribution is -2.45. The molecule has 0 saturated carbocycles. The summed E-state index contributed by atoms with van der Waals surface area (Å²) >= 11 is 11.7. The van der Waals surface area contributed by atoms with Gasteiger partial charge in [0.1, 0.15) is 0 Å². The quantitative estimate of drug-likeness (QED) is 0.617. The van der Waals surface area contributed by atoms with E-state index in [0.29, 0.717) is 0 Å². The maximum absolute atomic E-state index is 12.5. The monoisotopic (exact) mass is 457 g/mol. The largest absolute Gasteiger partial charge is 0.350 e. The van der Waals surface area contributed by atoms with Crippen molar-refractivity contribution < 1.29 is 18.0 Å². The van der Waals surface area contributed by atoms with Crippen LogP contribution in [-0.2, 0) is 14.8 Å². The molecule has 2 aromatic carbocycles. The second kappa shape index (κ2) is 9.02. The Morgan fingerprint density at radius 1 is 1.00 bits per heavy atom. The van der Waals surface area contributed by atoms with Gasteiger partial charge >= 0.3 is 0 Å². The Hall–Kier alpha value is -2.29. The van der Waals surface area contributed by atoms with Crippen molar-refractivity contribution in [3.05, 3.63) is 58.1 Å². The Bertz CT molecular complexity index is 1030. The lowest BCUT2D eigenvalue weighted by molar-refractivity contribution is -0.121. The average molecular weight is 458 g/mol. The molecule has 0 aromatic heterocycles. The molecule has 3 N–H and O–H groups in total. The van der Waals surface area contributed by atoms with Crippen LogP contribution in [0.3, 0.4) is 0 Å². The van der Waals surface area contributed by atoms with Crippen molar-refractivity contribution in [2.45, 2.75) is 31.2 Å². The second-order valence-electron chi connectivity index (χ2n) is 7.24. The number of sulfonamides is 1. The van der Waals surface area contributed by atoms with Crippen LogP contribution in [-0.4, -0.2) is 32.3 Å². The van der Waals surface area contributed by atoms with Gasteiger partial charge in [-0.1, -0.05) is 29.3 Å². The maximum Gasteiger partial charge on any atom is 0.261 e. The van der Waals surface area contributed by atoms with Gasteiger partial charge in [-0.15, -0.1) is 0 Å². The molecular formula is C19H21Cl2N3O4S. The first-order chi connectivity index (χ1) is 13.4. The maximum atomic E-state index is 12.5. The third-order valence-electron chi connectivity index (χ3n) is 3.50. The van der Waals surface area contributed by atoms with Crippen molar-refractivity contribution in [1.82, 2.24) is 10.6 Å². The third kappa shape index (κ3) is 6.92. The van der Waals surface area contributed by atoms with Crippen molar-refractivity contribution in [2.75, 3.05) is 11.3 Å². The number of rotatable bonds is 6. The molecule has 2 amide bonds. The molecule has 0 atom stereocenters. The van der Waals surface area contributed by atoms with Crippen LogP contribution >= 0.6 is 23.2 Å². The van der Waals surface area contributed by atoms with E-state index in [1.807, 2.05) is 20.8 Å². The topological polar surface area (TPSA) is 104 Å². The Balaban J connectivity index is 2.09. The summed E-state index contributed by atoms with van der Waals surface area (Å²) in [7, 11) is -3.93. The summed E-state index contributed by atoms with van der Waals surface area (Å²) in [6.07, 6.45) is 0. The van der Waals surface area contributed by atoms with E-state index >= 15 is 0 Å². The zero-order valence-electron chi connectivity index (χ0n) is 16.0. The van der Waals surface area contributed by atoms with Crippen LogP contribution < -0.4 is 15.4 Å². The summed E-state index contributed by atoms with van der Waals surface area (Å²) in [6, 6.07) is 9.83. The fraction of sp³-hybridized carbons (Fsp3) is 0.263. The number of carbonyl (C=O) groups excluding carboxylic acids is 2. The van der Waals surface area contributed by atoms with E-state index in [2.05, 4.69) is 15.4 Å². The second-order valence-corrected chi connectivity index (χ2v) is 9.74. The van der Waals surface area contributed by atoms with Gasteiger partial charge in [0, 0.05) is 16.8 Å². The van der Waals surface area contributed by atoms with Crippen LogP contribution in [0.5, 0.6) is 0 Å². The molecule has 0 heterocycles. The smallest absolute Gasteiger partial charge is 0.261 e. The molecule has 7 nitrogen and oxygen atoms in total. The zero-order valence-corrected chi connectivity index (χ0v) is 18.4. The predicted molar refractivity (Wildman–Crippen MR) is 114 cm³/mol. The van der Waals surface area contributed by atoms with Crippen LogP contribution in [0.25, 0.3) is 0 Å². The van der Waals surface area contributed by atoms with Crippen molar-refractivity contribution in [3.8, 4) is 0 Å². The molecule has 156 valence electrons. The van der Waals surface area contributed by atoms with E-state index in [4.69, 9.17) is 23.2 Å². The zero-order chi connectivity index (χ0) is 21.8. The number of carbonyl (C=O) groups is 2. The highest BCUT2D eigenvalue weighted by molar-refractivity contribution is 7.92. The number of hydrogen-bond donors (Lipinski definition) is 3. The first-order valence-electron chi connectivity index (χ1n) is 8.54. The molecular weight excluding hydrogens is 437 g/mol.